The molecule has 1 N–H and O–H groups in total. The number of ether oxygens (including phenoxy) is 3. The monoisotopic (exact) mass is 322 g/mol. The Bertz CT molecular complexity index is 543. The van der Waals surface area contributed by atoms with E-state index < -0.39 is 0 Å². The number of nitrogens with zero attached hydrogens (tertiary/aromatic N) is 1. The molecule has 128 valence electrons. The molecule has 0 unspecified atom stereocenters. The summed E-state index contributed by atoms with van der Waals surface area (Å²) in [5.74, 6) is 1.58. The maximum absolute atomic E-state index is 12.3. The first-order valence-electron chi connectivity index (χ1n) is 7.56. The molecule has 6 nitrogen and oxygen atoms in total. The third-order valence-electron chi connectivity index (χ3n) is 3.36. The van der Waals surface area contributed by atoms with Crippen LogP contribution in [0.5, 0.6) is 17.2 Å². The van der Waals surface area contributed by atoms with Gasteiger partial charge in [0.1, 0.15) is 0 Å². The molecular weight excluding hydrogens is 296 g/mol. The van der Waals surface area contributed by atoms with E-state index in [0.29, 0.717) is 28.7 Å². The summed E-state index contributed by atoms with van der Waals surface area (Å²) in [4.78, 5) is 12.3. The standard InChI is InChI=1S/C17H26N2O4/c1-11(2)7-8-12(3)18-19-17(20)13-9-14(21-4)16(23-6)15(10-13)22-5/h9-11H,7-8H2,1-6H3,(H,19,20). The molecule has 23 heavy (non-hydrogen) atoms. The van der Waals surface area contributed by atoms with E-state index in [1.54, 1.807) is 12.1 Å². The highest BCUT2D eigenvalue weighted by Gasteiger charge is 2.16. The lowest BCUT2D eigenvalue weighted by molar-refractivity contribution is 0.0954. The van der Waals surface area contributed by atoms with Gasteiger partial charge >= 0.3 is 0 Å². The number of hydrogen-bond donors (Lipinski definition) is 1. The topological polar surface area (TPSA) is 69.2 Å². The third kappa shape index (κ3) is 5.47. The number of benzene rings is 1. The van der Waals surface area contributed by atoms with Crippen LogP contribution in [-0.4, -0.2) is 32.9 Å². The summed E-state index contributed by atoms with van der Waals surface area (Å²) in [6.07, 6.45) is 1.89. The van der Waals surface area contributed by atoms with Crippen LogP contribution in [0.15, 0.2) is 17.2 Å². The van der Waals surface area contributed by atoms with Gasteiger partial charge in [0.15, 0.2) is 11.5 Å². The van der Waals surface area contributed by atoms with E-state index in [2.05, 4.69) is 24.4 Å². The molecule has 0 bridgehead atoms. The summed E-state index contributed by atoms with van der Waals surface area (Å²) in [6, 6.07) is 3.19. The molecule has 0 radical (unpaired) electrons. The average molecular weight is 322 g/mol. The summed E-state index contributed by atoms with van der Waals surface area (Å²) >= 11 is 0. The van der Waals surface area contributed by atoms with Gasteiger partial charge in [0.05, 0.1) is 21.3 Å². The number of hydrazone groups is 1. The van der Waals surface area contributed by atoms with Gasteiger partial charge < -0.3 is 14.2 Å². The van der Waals surface area contributed by atoms with Crippen LogP contribution in [0.1, 0.15) is 44.0 Å². The summed E-state index contributed by atoms with van der Waals surface area (Å²) < 4.78 is 15.7. The fourth-order valence-electron chi connectivity index (χ4n) is 1.98. The SMILES string of the molecule is COc1cc(C(=O)NN=C(C)CCC(C)C)cc(OC)c1OC. The number of nitrogens with one attached hydrogen (secondary N) is 1. The van der Waals surface area contributed by atoms with E-state index in [0.717, 1.165) is 18.6 Å². The van der Waals surface area contributed by atoms with Crippen LogP contribution in [0.2, 0.25) is 0 Å². The van der Waals surface area contributed by atoms with Crippen molar-refractivity contribution in [3.8, 4) is 17.2 Å². The number of carbonyl (C=O) groups excluding carboxylic acids is 1. The van der Waals surface area contributed by atoms with Crippen molar-refractivity contribution >= 4 is 11.6 Å². The first-order chi connectivity index (χ1) is 10.9. The van der Waals surface area contributed by atoms with Crippen molar-refractivity contribution in [3.63, 3.8) is 0 Å². The molecule has 0 aromatic heterocycles. The van der Waals surface area contributed by atoms with Crippen molar-refractivity contribution in [2.45, 2.75) is 33.6 Å². The van der Waals surface area contributed by atoms with E-state index in [4.69, 9.17) is 14.2 Å². The van der Waals surface area contributed by atoms with Crippen LogP contribution in [0.3, 0.4) is 0 Å². The Morgan fingerprint density at radius 3 is 2.13 bits per heavy atom. The normalized spacial score (nSPS) is 11.3. The Balaban J connectivity index is 2.89. The second-order valence-electron chi connectivity index (χ2n) is 5.63. The van der Waals surface area contributed by atoms with Crippen LogP contribution in [0.25, 0.3) is 0 Å². The molecule has 6 heteroatoms. The van der Waals surface area contributed by atoms with Gasteiger partial charge in [0.2, 0.25) is 5.75 Å². The number of methoxy groups -OCH3 is 3. The molecule has 1 aromatic carbocycles. The first-order valence-corrected chi connectivity index (χ1v) is 7.56. The minimum Gasteiger partial charge on any atom is -0.493 e. The van der Waals surface area contributed by atoms with E-state index in [1.165, 1.54) is 21.3 Å². The molecule has 0 fully saturated rings. The highest BCUT2D eigenvalue weighted by Crippen LogP contribution is 2.38. The number of carbonyl (C=O) groups is 1. The highest BCUT2D eigenvalue weighted by atomic mass is 16.5. The Morgan fingerprint density at radius 1 is 1.13 bits per heavy atom. The Kier molecular flexibility index (Phi) is 7.38. The quantitative estimate of drug-likeness (QED) is 0.589. The smallest absolute Gasteiger partial charge is 0.271 e. The van der Waals surface area contributed by atoms with Gasteiger partial charge in [-0.1, -0.05) is 13.8 Å². The zero-order valence-corrected chi connectivity index (χ0v) is 14.7. The van der Waals surface area contributed by atoms with E-state index in [1.807, 2.05) is 6.92 Å². The molecule has 0 aliphatic rings. The lowest BCUT2D eigenvalue weighted by atomic mass is 10.1. The molecular formula is C17H26N2O4. The number of rotatable bonds is 8. The fourth-order valence-corrected chi connectivity index (χ4v) is 1.98. The van der Waals surface area contributed by atoms with Crippen molar-refractivity contribution < 1.29 is 19.0 Å². The van der Waals surface area contributed by atoms with Crippen LogP contribution in [0, 0.1) is 5.92 Å². The lowest BCUT2D eigenvalue weighted by Gasteiger charge is -2.13. The van der Waals surface area contributed by atoms with Gasteiger partial charge in [-0.15, -0.1) is 0 Å². The van der Waals surface area contributed by atoms with Gasteiger partial charge in [-0.05, 0) is 37.8 Å². The van der Waals surface area contributed by atoms with Crippen LogP contribution in [0.4, 0.5) is 0 Å². The molecule has 1 aromatic rings. The fraction of sp³-hybridized carbons (Fsp3) is 0.529. The summed E-state index contributed by atoms with van der Waals surface area (Å²) in [7, 11) is 4.53. The molecule has 0 atom stereocenters. The minimum atomic E-state index is -0.326. The Morgan fingerprint density at radius 2 is 1.70 bits per heavy atom. The second-order valence-corrected chi connectivity index (χ2v) is 5.63. The Hall–Kier alpha value is -2.24. The van der Waals surface area contributed by atoms with Gasteiger partial charge in [0, 0.05) is 11.3 Å². The molecule has 0 aliphatic heterocycles. The zero-order valence-electron chi connectivity index (χ0n) is 14.7. The van der Waals surface area contributed by atoms with E-state index in [-0.39, 0.29) is 5.91 Å². The first kappa shape index (κ1) is 18.8. The molecule has 0 saturated carbocycles. The van der Waals surface area contributed by atoms with Gasteiger partial charge in [-0.3, -0.25) is 4.79 Å². The number of amides is 1. The third-order valence-corrected chi connectivity index (χ3v) is 3.36. The van der Waals surface area contributed by atoms with Crippen molar-refractivity contribution in [2.24, 2.45) is 11.0 Å². The largest absolute Gasteiger partial charge is 0.493 e. The zero-order chi connectivity index (χ0) is 17.4. The number of hydrogen-bond acceptors (Lipinski definition) is 5. The maximum atomic E-state index is 12.3. The molecule has 0 spiro atoms. The summed E-state index contributed by atoms with van der Waals surface area (Å²) in [6.45, 7) is 6.21. The van der Waals surface area contributed by atoms with Crippen LogP contribution < -0.4 is 19.6 Å². The molecule has 0 heterocycles. The van der Waals surface area contributed by atoms with Crippen LogP contribution >= 0.6 is 0 Å². The van der Waals surface area contributed by atoms with Crippen molar-refractivity contribution in [2.75, 3.05) is 21.3 Å². The van der Waals surface area contributed by atoms with E-state index >= 15 is 0 Å². The molecule has 0 aliphatic carbocycles. The predicted octanol–water partition coefficient (Wildman–Crippen LogP) is 3.25. The predicted molar refractivity (Wildman–Crippen MR) is 90.7 cm³/mol. The lowest BCUT2D eigenvalue weighted by Crippen LogP contribution is -2.19. The van der Waals surface area contributed by atoms with Gasteiger partial charge in [0.25, 0.3) is 5.91 Å². The summed E-state index contributed by atoms with van der Waals surface area (Å²) in [5.41, 5.74) is 3.84. The second kappa shape index (κ2) is 9.02. The van der Waals surface area contributed by atoms with E-state index in [9.17, 15) is 4.79 Å². The average Bonchev–Trinajstić information content (AvgIpc) is 2.56. The Labute approximate surface area is 137 Å². The minimum absolute atomic E-state index is 0.326. The van der Waals surface area contributed by atoms with Crippen molar-refractivity contribution in [1.29, 1.82) is 0 Å². The molecule has 1 amide bonds. The maximum Gasteiger partial charge on any atom is 0.271 e. The van der Waals surface area contributed by atoms with Crippen molar-refractivity contribution in [1.82, 2.24) is 5.43 Å². The summed E-state index contributed by atoms with van der Waals surface area (Å²) in [5, 5.41) is 4.13. The molecule has 0 saturated heterocycles. The van der Waals surface area contributed by atoms with Gasteiger partial charge in [-0.25, -0.2) is 5.43 Å². The molecule has 1 rings (SSSR count). The van der Waals surface area contributed by atoms with Crippen molar-refractivity contribution in [3.05, 3.63) is 17.7 Å². The van der Waals surface area contributed by atoms with Crippen LogP contribution in [-0.2, 0) is 0 Å². The van der Waals surface area contributed by atoms with Gasteiger partial charge in [-0.2, -0.15) is 5.10 Å². The highest BCUT2D eigenvalue weighted by molar-refractivity contribution is 5.96.